The minimum Gasteiger partial charge on any atom is -0.495 e. The van der Waals surface area contributed by atoms with E-state index in [0.29, 0.717) is 21.7 Å². The average molecular weight is 248 g/mol. The summed E-state index contributed by atoms with van der Waals surface area (Å²) in [5.41, 5.74) is 1.03. The summed E-state index contributed by atoms with van der Waals surface area (Å²) in [6, 6.07) is 3.59. The van der Waals surface area contributed by atoms with Gasteiger partial charge in [-0.25, -0.2) is 0 Å². The lowest BCUT2D eigenvalue weighted by molar-refractivity contribution is 0.406. The second-order valence-electron chi connectivity index (χ2n) is 3.47. The average Bonchev–Trinajstić information content (AvgIpc) is 2.17. The number of benzene rings is 1. The third-order valence-electron chi connectivity index (χ3n) is 2.28. The summed E-state index contributed by atoms with van der Waals surface area (Å²) in [7, 11) is 3.53. The summed E-state index contributed by atoms with van der Waals surface area (Å²) in [6.07, 6.45) is 0. The molecule has 1 atom stereocenters. The number of nitrogens with one attached hydrogen (secondary N) is 1. The van der Waals surface area contributed by atoms with Crippen molar-refractivity contribution in [2.45, 2.75) is 12.8 Å². The predicted octanol–water partition coefficient (Wildman–Crippen LogP) is 3.32. The van der Waals surface area contributed by atoms with Crippen molar-refractivity contribution in [3.8, 4) is 5.75 Å². The standard InChI is InChI=1S/C11H15Cl2NO/c1-7(6-14-2)9-4-8(12)5-10(13)11(9)15-3/h4-5,7,14H,6H2,1-3H3. The Morgan fingerprint density at radius 1 is 1.40 bits per heavy atom. The summed E-state index contributed by atoms with van der Waals surface area (Å²) in [5.74, 6) is 1.02. The molecule has 1 N–H and O–H groups in total. The van der Waals surface area contributed by atoms with Crippen LogP contribution in [-0.4, -0.2) is 20.7 Å². The topological polar surface area (TPSA) is 21.3 Å². The van der Waals surface area contributed by atoms with Crippen molar-refractivity contribution in [1.82, 2.24) is 5.32 Å². The molecule has 0 aromatic heterocycles. The van der Waals surface area contributed by atoms with Crippen LogP contribution in [0.1, 0.15) is 18.4 Å². The van der Waals surface area contributed by atoms with Gasteiger partial charge in [0.25, 0.3) is 0 Å². The first kappa shape index (κ1) is 12.6. The van der Waals surface area contributed by atoms with Crippen LogP contribution in [0.5, 0.6) is 5.75 Å². The lowest BCUT2D eigenvalue weighted by Gasteiger charge is -2.16. The van der Waals surface area contributed by atoms with Crippen LogP contribution in [0, 0.1) is 0 Å². The van der Waals surface area contributed by atoms with Gasteiger partial charge in [-0.3, -0.25) is 0 Å². The van der Waals surface area contributed by atoms with E-state index in [1.807, 2.05) is 13.1 Å². The lowest BCUT2D eigenvalue weighted by Crippen LogP contribution is -2.15. The van der Waals surface area contributed by atoms with Gasteiger partial charge in [0.1, 0.15) is 5.75 Å². The first-order valence-electron chi connectivity index (χ1n) is 4.77. The van der Waals surface area contributed by atoms with Crippen molar-refractivity contribution in [3.63, 3.8) is 0 Å². The van der Waals surface area contributed by atoms with Crippen LogP contribution in [0.25, 0.3) is 0 Å². The van der Waals surface area contributed by atoms with E-state index in [9.17, 15) is 0 Å². The first-order valence-corrected chi connectivity index (χ1v) is 5.53. The fourth-order valence-corrected chi connectivity index (χ4v) is 2.16. The van der Waals surface area contributed by atoms with Crippen molar-refractivity contribution >= 4 is 23.2 Å². The Labute approximate surface area is 101 Å². The summed E-state index contributed by atoms with van der Waals surface area (Å²) in [4.78, 5) is 0. The van der Waals surface area contributed by atoms with Crippen molar-refractivity contribution < 1.29 is 4.74 Å². The molecule has 0 spiro atoms. The molecule has 1 aromatic carbocycles. The number of likely N-dealkylation sites (N-methyl/N-ethyl adjacent to an activating group) is 1. The third-order valence-corrected chi connectivity index (χ3v) is 2.78. The van der Waals surface area contributed by atoms with E-state index >= 15 is 0 Å². The second-order valence-corrected chi connectivity index (χ2v) is 4.31. The summed E-state index contributed by atoms with van der Waals surface area (Å²) in [5, 5.41) is 4.31. The molecule has 4 heteroatoms. The van der Waals surface area contributed by atoms with E-state index in [4.69, 9.17) is 27.9 Å². The van der Waals surface area contributed by atoms with E-state index in [-0.39, 0.29) is 0 Å². The zero-order chi connectivity index (χ0) is 11.4. The number of halogens is 2. The van der Waals surface area contributed by atoms with Crippen LogP contribution in [-0.2, 0) is 0 Å². The zero-order valence-electron chi connectivity index (χ0n) is 9.10. The molecule has 0 aliphatic heterocycles. The molecule has 1 aromatic rings. The third kappa shape index (κ3) is 3.00. The molecule has 0 radical (unpaired) electrons. The van der Waals surface area contributed by atoms with Crippen molar-refractivity contribution in [2.75, 3.05) is 20.7 Å². The van der Waals surface area contributed by atoms with Crippen LogP contribution < -0.4 is 10.1 Å². The molecule has 0 fully saturated rings. The molecule has 0 aliphatic carbocycles. The molecule has 84 valence electrons. The highest BCUT2D eigenvalue weighted by molar-refractivity contribution is 6.35. The molecule has 0 saturated carbocycles. The summed E-state index contributed by atoms with van der Waals surface area (Å²) >= 11 is 12.0. The fraction of sp³-hybridized carbons (Fsp3) is 0.455. The first-order chi connectivity index (χ1) is 7.10. The number of methoxy groups -OCH3 is 1. The molecule has 0 saturated heterocycles. The Bertz CT molecular complexity index is 342. The molecule has 0 heterocycles. The highest BCUT2D eigenvalue weighted by Crippen LogP contribution is 2.36. The molecule has 0 aliphatic rings. The molecule has 1 rings (SSSR count). The van der Waals surface area contributed by atoms with Gasteiger partial charge >= 0.3 is 0 Å². The van der Waals surface area contributed by atoms with Crippen LogP contribution in [0.15, 0.2) is 12.1 Å². The van der Waals surface area contributed by atoms with E-state index in [2.05, 4.69) is 12.2 Å². The molecule has 1 unspecified atom stereocenters. The normalized spacial score (nSPS) is 12.6. The van der Waals surface area contributed by atoms with Gasteiger partial charge in [-0.1, -0.05) is 30.1 Å². The minimum atomic E-state index is 0.307. The molecular weight excluding hydrogens is 233 g/mol. The van der Waals surface area contributed by atoms with Crippen LogP contribution >= 0.6 is 23.2 Å². The van der Waals surface area contributed by atoms with E-state index in [1.165, 1.54) is 0 Å². The maximum atomic E-state index is 6.05. The van der Waals surface area contributed by atoms with E-state index in [0.717, 1.165) is 12.1 Å². The Hall–Kier alpha value is -0.440. The van der Waals surface area contributed by atoms with Gasteiger partial charge in [0.05, 0.1) is 12.1 Å². The predicted molar refractivity (Wildman–Crippen MR) is 65.4 cm³/mol. The van der Waals surface area contributed by atoms with Gasteiger partial charge in [-0.15, -0.1) is 0 Å². The van der Waals surface area contributed by atoms with Crippen LogP contribution in [0.4, 0.5) is 0 Å². The SMILES string of the molecule is CNCC(C)c1cc(Cl)cc(Cl)c1OC. The summed E-state index contributed by atoms with van der Waals surface area (Å²) in [6.45, 7) is 2.95. The number of hydrogen-bond donors (Lipinski definition) is 1. The van der Waals surface area contributed by atoms with Crippen molar-refractivity contribution in [2.24, 2.45) is 0 Å². The van der Waals surface area contributed by atoms with Gasteiger partial charge in [0.15, 0.2) is 0 Å². The maximum Gasteiger partial charge on any atom is 0.141 e. The van der Waals surface area contributed by atoms with Gasteiger partial charge in [-0.2, -0.15) is 0 Å². The number of ether oxygens (including phenoxy) is 1. The monoisotopic (exact) mass is 247 g/mol. The number of rotatable bonds is 4. The van der Waals surface area contributed by atoms with E-state index < -0.39 is 0 Å². The van der Waals surface area contributed by atoms with Gasteiger partial charge < -0.3 is 10.1 Å². The lowest BCUT2D eigenvalue weighted by atomic mass is 10.00. The molecule has 0 bridgehead atoms. The number of hydrogen-bond acceptors (Lipinski definition) is 2. The summed E-state index contributed by atoms with van der Waals surface area (Å²) < 4.78 is 5.28. The quantitative estimate of drug-likeness (QED) is 0.882. The Balaban J connectivity index is 3.13. The Morgan fingerprint density at radius 2 is 2.07 bits per heavy atom. The highest BCUT2D eigenvalue weighted by Gasteiger charge is 2.14. The fourth-order valence-electron chi connectivity index (χ4n) is 1.58. The Kier molecular flexibility index (Phi) is 4.71. The molecule has 15 heavy (non-hydrogen) atoms. The van der Waals surface area contributed by atoms with E-state index in [1.54, 1.807) is 13.2 Å². The van der Waals surface area contributed by atoms with Crippen molar-refractivity contribution in [1.29, 1.82) is 0 Å². The van der Waals surface area contributed by atoms with Gasteiger partial charge in [-0.05, 0) is 25.1 Å². The van der Waals surface area contributed by atoms with Gasteiger partial charge in [0, 0.05) is 17.1 Å². The molecular formula is C11H15Cl2NO. The molecule has 2 nitrogen and oxygen atoms in total. The smallest absolute Gasteiger partial charge is 0.141 e. The van der Waals surface area contributed by atoms with Crippen LogP contribution in [0.2, 0.25) is 10.0 Å². The van der Waals surface area contributed by atoms with Gasteiger partial charge in [0.2, 0.25) is 0 Å². The highest BCUT2D eigenvalue weighted by atomic mass is 35.5. The molecule has 0 amide bonds. The minimum absolute atomic E-state index is 0.307. The van der Waals surface area contributed by atoms with Crippen LogP contribution in [0.3, 0.4) is 0 Å². The maximum absolute atomic E-state index is 6.05. The largest absolute Gasteiger partial charge is 0.495 e. The zero-order valence-corrected chi connectivity index (χ0v) is 10.6. The Morgan fingerprint density at radius 3 is 2.60 bits per heavy atom. The second kappa shape index (κ2) is 5.59. The van der Waals surface area contributed by atoms with Crippen molar-refractivity contribution in [3.05, 3.63) is 27.7 Å².